The van der Waals surface area contributed by atoms with E-state index in [-0.39, 0.29) is 5.91 Å². The van der Waals surface area contributed by atoms with Crippen LogP contribution in [0.1, 0.15) is 21.5 Å². The second-order valence-corrected chi connectivity index (χ2v) is 5.07. The van der Waals surface area contributed by atoms with E-state index in [4.69, 9.17) is 5.73 Å². The number of carbonyl (C=O) groups is 1. The third-order valence-corrected chi connectivity index (χ3v) is 3.32. The predicted molar refractivity (Wildman–Crippen MR) is 84.1 cm³/mol. The van der Waals surface area contributed by atoms with Crippen LogP contribution >= 0.6 is 0 Å². The van der Waals surface area contributed by atoms with E-state index in [1.807, 2.05) is 31.2 Å². The number of aryl methyl sites for hydroxylation is 1. The highest BCUT2D eigenvalue weighted by Crippen LogP contribution is 2.08. The van der Waals surface area contributed by atoms with Gasteiger partial charge in [0.2, 0.25) is 0 Å². The topological polar surface area (TPSA) is 59.2 Å². The number of aromatic nitrogens is 1. The third-order valence-electron chi connectivity index (χ3n) is 3.32. The van der Waals surface area contributed by atoms with Crippen molar-refractivity contribution in [3.63, 3.8) is 0 Å². The standard InChI is InChI=1S/C17H21N3O/c1-14-11-16(13-19-12-14)17(21)20(10-8-18)9-7-15-5-3-2-4-6-15/h2-6,11-13H,7-10,18H2,1H3. The Kier molecular flexibility index (Phi) is 5.46. The lowest BCUT2D eigenvalue weighted by atomic mass is 10.1. The summed E-state index contributed by atoms with van der Waals surface area (Å²) in [6.45, 7) is 3.61. The Hall–Kier alpha value is -2.20. The van der Waals surface area contributed by atoms with Gasteiger partial charge in [-0.25, -0.2) is 0 Å². The van der Waals surface area contributed by atoms with E-state index in [9.17, 15) is 4.79 Å². The Morgan fingerprint density at radius 2 is 1.95 bits per heavy atom. The molecule has 110 valence electrons. The van der Waals surface area contributed by atoms with E-state index in [2.05, 4.69) is 17.1 Å². The van der Waals surface area contributed by atoms with Crippen molar-refractivity contribution in [2.75, 3.05) is 19.6 Å². The fraction of sp³-hybridized carbons (Fsp3) is 0.294. The van der Waals surface area contributed by atoms with E-state index >= 15 is 0 Å². The van der Waals surface area contributed by atoms with Gasteiger partial charge in [-0.2, -0.15) is 0 Å². The van der Waals surface area contributed by atoms with Gasteiger partial charge >= 0.3 is 0 Å². The highest BCUT2D eigenvalue weighted by Gasteiger charge is 2.15. The maximum absolute atomic E-state index is 12.5. The van der Waals surface area contributed by atoms with Crippen LogP contribution in [-0.4, -0.2) is 35.4 Å². The smallest absolute Gasteiger partial charge is 0.255 e. The molecule has 21 heavy (non-hydrogen) atoms. The number of pyridine rings is 1. The second-order valence-electron chi connectivity index (χ2n) is 5.07. The summed E-state index contributed by atoms with van der Waals surface area (Å²) in [5, 5.41) is 0. The minimum absolute atomic E-state index is 0.00687. The molecule has 4 heteroatoms. The molecule has 4 nitrogen and oxygen atoms in total. The summed E-state index contributed by atoms with van der Waals surface area (Å²) in [6.07, 6.45) is 4.18. The van der Waals surface area contributed by atoms with Crippen LogP contribution in [-0.2, 0) is 6.42 Å². The zero-order chi connectivity index (χ0) is 15.1. The van der Waals surface area contributed by atoms with E-state index in [1.54, 1.807) is 17.3 Å². The average molecular weight is 283 g/mol. The minimum atomic E-state index is -0.00687. The number of rotatable bonds is 6. The third kappa shape index (κ3) is 4.39. The molecule has 0 unspecified atom stereocenters. The fourth-order valence-corrected chi connectivity index (χ4v) is 2.23. The molecule has 0 aliphatic carbocycles. The molecule has 2 rings (SSSR count). The van der Waals surface area contributed by atoms with Crippen molar-refractivity contribution in [1.82, 2.24) is 9.88 Å². The highest BCUT2D eigenvalue weighted by molar-refractivity contribution is 5.94. The molecule has 0 bridgehead atoms. The number of benzene rings is 1. The van der Waals surface area contributed by atoms with Crippen molar-refractivity contribution in [3.8, 4) is 0 Å². The lowest BCUT2D eigenvalue weighted by Gasteiger charge is -2.22. The summed E-state index contributed by atoms with van der Waals surface area (Å²) in [7, 11) is 0. The first kappa shape index (κ1) is 15.2. The van der Waals surface area contributed by atoms with Crippen LogP contribution in [0.2, 0.25) is 0 Å². The largest absolute Gasteiger partial charge is 0.337 e. The summed E-state index contributed by atoms with van der Waals surface area (Å²) in [4.78, 5) is 18.4. The van der Waals surface area contributed by atoms with Crippen molar-refractivity contribution in [2.24, 2.45) is 5.73 Å². The first-order valence-electron chi connectivity index (χ1n) is 7.15. The summed E-state index contributed by atoms with van der Waals surface area (Å²) in [6, 6.07) is 12.0. The van der Waals surface area contributed by atoms with Gasteiger partial charge < -0.3 is 10.6 Å². The predicted octanol–water partition coefficient (Wildman–Crippen LogP) is 2.03. The molecule has 0 fully saturated rings. The lowest BCUT2D eigenvalue weighted by molar-refractivity contribution is 0.0761. The number of hydrogen-bond acceptors (Lipinski definition) is 3. The van der Waals surface area contributed by atoms with Gasteiger partial charge in [-0.15, -0.1) is 0 Å². The van der Waals surface area contributed by atoms with Crippen LogP contribution in [0.4, 0.5) is 0 Å². The first-order valence-corrected chi connectivity index (χ1v) is 7.15. The molecular weight excluding hydrogens is 262 g/mol. The van der Waals surface area contributed by atoms with Crippen molar-refractivity contribution >= 4 is 5.91 Å². The van der Waals surface area contributed by atoms with Crippen molar-refractivity contribution in [2.45, 2.75) is 13.3 Å². The van der Waals surface area contributed by atoms with Gasteiger partial charge in [-0.1, -0.05) is 30.3 Å². The van der Waals surface area contributed by atoms with Gasteiger partial charge in [0.25, 0.3) is 5.91 Å². The van der Waals surface area contributed by atoms with Crippen LogP contribution < -0.4 is 5.73 Å². The molecule has 0 saturated carbocycles. The fourth-order valence-electron chi connectivity index (χ4n) is 2.23. The first-order chi connectivity index (χ1) is 10.2. The number of amides is 1. The number of carbonyl (C=O) groups excluding carboxylic acids is 1. The minimum Gasteiger partial charge on any atom is -0.337 e. The van der Waals surface area contributed by atoms with E-state index in [0.717, 1.165) is 12.0 Å². The molecule has 0 aliphatic heterocycles. The van der Waals surface area contributed by atoms with Gasteiger partial charge in [0.15, 0.2) is 0 Å². The van der Waals surface area contributed by atoms with Crippen LogP contribution in [0.25, 0.3) is 0 Å². The Labute approximate surface area is 125 Å². The second kappa shape index (κ2) is 7.55. The van der Waals surface area contributed by atoms with Crippen LogP contribution in [0.3, 0.4) is 0 Å². The molecule has 2 aromatic rings. The van der Waals surface area contributed by atoms with Crippen molar-refractivity contribution in [1.29, 1.82) is 0 Å². The van der Waals surface area contributed by atoms with Crippen LogP contribution in [0.5, 0.6) is 0 Å². The summed E-state index contributed by atoms with van der Waals surface area (Å²) >= 11 is 0. The summed E-state index contributed by atoms with van der Waals surface area (Å²) in [5.41, 5.74) is 8.46. The van der Waals surface area contributed by atoms with Crippen LogP contribution in [0, 0.1) is 6.92 Å². The Morgan fingerprint density at radius 1 is 1.19 bits per heavy atom. The van der Waals surface area contributed by atoms with Gasteiger partial charge in [-0.3, -0.25) is 9.78 Å². The number of hydrogen-bond donors (Lipinski definition) is 1. The molecule has 0 aliphatic rings. The van der Waals surface area contributed by atoms with Crippen molar-refractivity contribution < 1.29 is 4.79 Å². The Balaban J connectivity index is 2.06. The molecule has 1 amide bonds. The quantitative estimate of drug-likeness (QED) is 0.882. The van der Waals surface area contributed by atoms with Gasteiger partial charge in [0, 0.05) is 32.0 Å². The van der Waals surface area contributed by atoms with Crippen LogP contribution in [0.15, 0.2) is 48.8 Å². The monoisotopic (exact) mass is 283 g/mol. The summed E-state index contributed by atoms with van der Waals surface area (Å²) in [5.74, 6) is -0.00687. The molecule has 0 saturated heterocycles. The number of nitrogens with two attached hydrogens (primary N) is 1. The van der Waals surface area contributed by atoms with Gasteiger partial charge in [0.1, 0.15) is 0 Å². The number of nitrogens with zero attached hydrogens (tertiary/aromatic N) is 2. The maximum atomic E-state index is 12.5. The SMILES string of the molecule is Cc1cncc(C(=O)N(CCN)CCc2ccccc2)c1. The van der Waals surface area contributed by atoms with Crippen molar-refractivity contribution in [3.05, 3.63) is 65.5 Å². The molecule has 0 spiro atoms. The van der Waals surface area contributed by atoms with Gasteiger partial charge in [-0.05, 0) is 30.5 Å². The highest BCUT2D eigenvalue weighted by atomic mass is 16.2. The average Bonchev–Trinajstić information content (AvgIpc) is 2.52. The Morgan fingerprint density at radius 3 is 2.62 bits per heavy atom. The molecular formula is C17H21N3O. The molecule has 0 radical (unpaired) electrons. The molecule has 1 aromatic heterocycles. The van der Waals surface area contributed by atoms with E-state index < -0.39 is 0 Å². The molecule has 0 atom stereocenters. The molecule has 1 heterocycles. The summed E-state index contributed by atoms with van der Waals surface area (Å²) < 4.78 is 0. The Bertz CT molecular complexity index is 584. The van der Waals surface area contributed by atoms with E-state index in [1.165, 1.54) is 5.56 Å². The zero-order valence-corrected chi connectivity index (χ0v) is 12.3. The molecule has 1 aromatic carbocycles. The normalized spacial score (nSPS) is 10.4. The maximum Gasteiger partial charge on any atom is 0.255 e. The zero-order valence-electron chi connectivity index (χ0n) is 12.3. The van der Waals surface area contributed by atoms with E-state index in [0.29, 0.717) is 25.2 Å². The molecule has 2 N–H and O–H groups in total. The lowest BCUT2D eigenvalue weighted by Crippen LogP contribution is -2.37. The van der Waals surface area contributed by atoms with Gasteiger partial charge in [0.05, 0.1) is 5.56 Å².